The van der Waals surface area contributed by atoms with Crippen molar-refractivity contribution in [2.75, 3.05) is 11.9 Å². The molecule has 0 atom stereocenters. The van der Waals surface area contributed by atoms with E-state index in [1.54, 1.807) is 31.2 Å². The van der Waals surface area contributed by atoms with Gasteiger partial charge in [-0.15, -0.1) is 0 Å². The molecule has 0 saturated carbocycles. The fraction of sp³-hybridized carbons (Fsp3) is 0.100. The van der Waals surface area contributed by atoms with Crippen molar-refractivity contribution in [1.82, 2.24) is 9.38 Å². The van der Waals surface area contributed by atoms with Gasteiger partial charge in [0.25, 0.3) is 11.5 Å². The van der Waals surface area contributed by atoms with E-state index >= 15 is 0 Å². The van der Waals surface area contributed by atoms with Crippen LogP contribution in [-0.2, 0) is 4.74 Å². The summed E-state index contributed by atoms with van der Waals surface area (Å²) in [4.78, 5) is 41.9. The molecule has 2 aromatic heterocycles. The zero-order valence-electron chi connectivity index (χ0n) is 14.8. The zero-order chi connectivity index (χ0) is 19.7. The van der Waals surface area contributed by atoms with E-state index in [1.807, 2.05) is 24.3 Å². The van der Waals surface area contributed by atoms with Gasteiger partial charge in [-0.3, -0.25) is 14.0 Å². The molecule has 8 heteroatoms. The number of para-hydroxylation sites is 2. The molecular formula is C20H15N3O4S. The zero-order valence-corrected chi connectivity index (χ0v) is 15.7. The predicted octanol–water partition coefficient (Wildman–Crippen LogP) is 3.34. The highest BCUT2D eigenvalue weighted by atomic mass is 32.1. The third-order valence-corrected chi connectivity index (χ3v) is 5.06. The Morgan fingerprint density at radius 1 is 1.14 bits per heavy atom. The van der Waals surface area contributed by atoms with Gasteiger partial charge in [-0.25, -0.2) is 9.78 Å². The molecule has 0 unspecified atom stereocenters. The van der Waals surface area contributed by atoms with Crippen LogP contribution in [0, 0.1) is 0 Å². The molecule has 0 fully saturated rings. The molecule has 4 rings (SSSR count). The van der Waals surface area contributed by atoms with E-state index in [-0.39, 0.29) is 10.4 Å². The second kappa shape index (κ2) is 7.24. The SMILES string of the molecule is CCOC(=O)c1ccc(NC(=O)c2cc(=O)n3c(nc4ccccc43)s2)cc1. The summed E-state index contributed by atoms with van der Waals surface area (Å²) < 4.78 is 6.42. The first-order valence-corrected chi connectivity index (χ1v) is 9.38. The molecule has 2 aromatic carbocycles. The maximum Gasteiger partial charge on any atom is 0.338 e. The van der Waals surface area contributed by atoms with Crippen molar-refractivity contribution in [2.24, 2.45) is 0 Å². The summed E-state index contributed by atoms with van der Waals surface area (Å²) in [5.74, 6) is -0.837. The van der Waals surface area contributed by atoms with Crippen LogP contribution in [0.1, 0.15) is 27.0 Å². The molecule has 0 bridgehead atoms. The Morgan fingerprint density at radius 2 is 1.89 bits per heavy atom. The first-order chi connectivity index (χ1) is 13.6. The number of aromatic nitrogens is 2. The topological polar surface area (TPSA) is 89.8 Å². The number of rotatable bonds is 4. The molecule has 2 heterocycles. The average molecular weight is 393 g/mol. The Balaban J connectivity index is 1.61. The average Bonchev–Trinajstić information content (AvgIpc) is 3.07. The van der Waals surface area contributed by atoms with Gasteiger partial charge < -0.3 is 10.1 Å². The van der Waals surface area contributed by atoms with Gasteiger partial charge in [0.15, 0.2) is 4.96 Å². The Labute approximate surface area is 163 Å². The first-order valence-electron chi connectivity index (χ1n) is 8.56. The molecule has 0 aliphatic heterocycles. The van der Waals surface area contributed by atoms with E-state index in [0.29, 0.717) is 33.9 Å². The normalized spacial score (nSPS) is 10.9. The van der Waals surface area contributed by atoms with Gasteiger partial charge in [-0.2, -0.15) is 0 Å². The highest BCUT2D eigenvalue weighted by Gasteiger charge is 2.14. The Morgan fingerprint density at radius 3 is 2.64 bits per heavy atom. The summed E-state index contributed by atoms with van der Waals surface area (Å²) in [5.41, 5.74) is 1.99. The third kappa shape index (κ3) is 3.25. The molecular weight excluding hydrogens is 378 g/mol. The summed E-state index contributed by atoms with van der Waals surface area (Å²) in [6.45, 7) is 2.03. The van der Waals surface area contributed by atoms with E-state index in [4.69, 9.17) is 4.74 Å². The lowest BCUT2D eigenvalue weighted by atomic mass is 10.2. The Kier molecular flexibility index (Phi) is 4.62. The van der Waals surface area contributed by atoms with Gasteiger partial charge in [0.2, 0.25) is 0 Å². The molecule has 4 aromatic rings. The maximum atomic E-state index is 12.6. The van der Waals surface area contributed by atoms with Gasteiger partial charge >= 0.3 is 5.97 Å². The number of carbonyl (C=O) groups excluding carboxylic acids is 2. The van der Waals surface area contributed by atoms with Gasteiger partial charge in [0, 0.05) is 11.8 Å². The third-order valence-electron chi connectivity index (χ3n) is 4.08. The van der Waals surface area contributed by atoms with Crippen molar-refractivity contribution >= 4 is 44.9 Å². The molecule has 0 spiro atoms. The number of hydrogen-bond donors (Lipinski definition) is 1. The van der Waals surface area contributed by atoms with Crippen molar-refractivity contribution in [3.8, 4) is 0 Å². The van der Waals surface area contributed by atoms with Crippen molar-refractivity contribution in [3.05, 3.63) is 75.4 Å². The Hall–Kier alpha value is -3.52. The van der Waals surface area contributed by atoms with Gasteiger partial charge in [0.05, 0.1) is 23.2 Å². The van der Waals surface area contributed by atoms with E-state index in [0.717, 1.165) is 11.3 Å². The van der Waals surface area contributed by atoms with Crippen LogP contribution in [0.3, 0.4) is 0 Å². The minimum atomic E-state index is -0.421. The van der Waals surface area contributed by atoms with Crippen LogP contribution >= 0.6 is 11.3 Å². The number of nitrogens with zero attached hydrogens (tertiary/aromatic N) is 2. The van der Waals surface area contributed by atoms with Crippen molar-refractivity contribution in [3.63, 3.8) is 0 Å². The molecule has 0 saturated heterocycles. The highest BCUT2D eigenvalue weighted by molar-refractivity contribution is 7.18. The number of esters is 1. The molecule has 0 radical (unpaired) electrons. The van der Waals surface area contributed by atoms with Crippen LogP contribution in [0.15, 0.2) is 59.4 Å². The van der Waals surface area contributed by atoms with Crippen LogP contribution in [0.25, 0.3) is 16.0 Å². The number of nitrogens with one attached hydrogen (secondary N) is 1. The van der Waals surface area contributed by atoms with Crippen LogP contribution < -0.4 is 10.9 Å². The second-order valence-electron chi connectivity index (χ2n) is 5.92. The van der Waals surface area contributed by atoms with Gasteiger partial charge in [0.1, 0.15) is 4.88 Å². The monoisotopic (exact) mass is 393 g/mol. The van der Waals surface area contributed by atoms with Crippen molar-refractivity contribution in [1.29, 1.82) is 0 Å². The lowest BCUT2D eigenvalue weighted by molar-refractivity contribution is 0.0526. The van der Waals surface area contributed by atoms with Crippen molar-refractivity contribution < 1.29 is 14.3 Å². The fourth-order valence-electron chi connectivity index (χ4n) is 2.80. The predicted molar refractivity (Wildman–Crippen MR) is 107 cm³/mol. The largest absolute Gasteiger partial charge is 0.462 e. The summed E-state index contributed by atoms with van der Waals surface area (Å²) in [5, 5.41) is 2.73. The summed E-state index contributed by atoms with van der Waals surface area (Å²) in [6, 6.07) is 15.0. The first kappa shape index (κ1) is 17.9. The van der Waals surface area contributed by atoms with Crippen LogP contribution in [0.4, 0.5) is 5.69 Å². The van der Waals surface area contributed by atoms with E-state index in [1.165, 1.54) is 10.5 Å². The smallest absolute Gasteiger partial charge is 0.338 e. The molecule has 1 amide bonds. The number of imidazole rings is 1. The number of anilines is 1. The number of carbonyl (C=O) groups is 2. The van der Waals surface area contributed by atoms with Crippen LogP contribution in [0.5, 0.6) is 0 Å². The van der Waals surface area contributed by atoms with Gasteiger partial charge in [-0.1, -0.05) is 23.5 Å². The summed E-state index contributed by atoms with van der Waals surface area (Å²) in [6.07, 6.45) is 0. The minimum Gasteiger partial charge on any atom is -0.462 e. The van der Waals surface area contributed by atoms with Crippen LogP contribution in [0.2, 0.25) is 0 Å². The van der Waals surface area contributed by atoms with E-state index in [2.05, 4.69) is 10.3 Å². The number of amides is 1. The standard InChI is InChI=1S/C20H15N3O4S/c1-2-27-19(26)12-7-9-13(10-8-12)21-18(25)16-11-17(24)23-15-6-4-3-5-14(15)22-20(23)28-16/h3-11H,2H2,1H3,(H,21,25). The lowest BCUT2D eigenvalue weighted by Gasteiger charge is -2.06. The molecule has 0 aliphatic rings. The van der Waals surface area contributed by atoms with E-state index in [9.17, 15) is 14.4 Å². The molecule has 140 valence electrons. The quantitative estimate of drug-likeness (QED) is 0.537. The number of ether oxygens (including phenoxy) is 1. The van der Waals surface area contributed by atoms with E-state index < -0.39 is 11.9 Å². The van der Waals surface area contributed by atoms with Crippen LogP contribution in [-0.4, -0.2) is 27.9 Å². The number of fused-ring (bicyclic) bond motifs is 3. The molecule has 28 heavy (non-hydrogen) atoms. The van der Waals surface area contributed by atoms with Crippen molar-refractivity contribution in [2.45, 2.75) is 6.92 Å². The summed E-state index contributed by atoms with van der Waals surface area (Å²) >= 11 is 1.13. The number of benzene rings is 2. The highest BCUT2D eigenvalue weighted by Crippen LogP contribution is 2.20. The fourth-order valence-corrected chi connectivity index (χ4v) is 3.72. The molecule has 0 aliphatic carbocycles. The molecule has 7 nitrogen and oxygen atoms in total. The van der Waals surface area contributed by atoms with Gasteiger partial charge in [-0.05, 0) is 43.3 Å². The maximum absolute atomic E-state index is 12.6. The molecule has 1 N–H and O–H groups in total. The minimum absolute atomic E-state index is 0.252. The summed E-state index contributed by atoms with van der Waals surface area (Å²) in [7, 11) is 0. The lowest BCUT2D eigenvalue weighted by Crippen LogP contribution is -2.17. The Bertz CT molecular complexity index is 1260. The second-order valence-corrected chi connectivity index (χ2v) is 6.93. The number of hydrogen-bond acceptors (Lipinski definition) is 6.